The number of halogens is 3. The SMILES string of the molecule is Cc1ccc(C)c(CC(Br)c2cc(Cl)cc(Br)c2)c1. The molecule has 0 saturated heterocycles. The fourth-order valence-corrected chi connectivity index (χ4v) is 3.59. The molecule has 0 spiro atoms. The van der Waals surface area contributed by atoms with Crippen molar-refractivity contribution in [1.29, 1.82) is 0 Å². The van der Waals surface area contributed by atoms with Crippen LogP contribution in [0.15, 0.2) is 40.9 Å². The molecule has 0 nitrogen and oxygen atoms in total. The van der Waals surface area contributed by atoms with Gasteiger partial charge in [0.2, 0.25) is 0 Å². The molecular weight excluding hydrogens is 387 g/mol. The number of hydrogen-bond acceptors (Lipinski definition) is 0. The number of benzene rings is 2. The number of alkyl halides is 1. The van der Waals surface area contributed by atoms with Crippen molar-refractivity contribution in [2.75, 3.05) is 0 Å². The highest BCUT2D eigenvalue weighted by molar-refractivity contribution is 9.10. The van der Waals surface area contributed by atoms with E-state index >= 15 is 0 Å². The van der Waals surface area contributed by atoms with Gasteiger partial charge in [0.15, 0.2) is 0 Å². The molecule has 0 heterocycles. The molecule has 100 valence electrons. The normalized spacial score (nSPS) is 12.5. The number of aryl methyl sites for hydroxylation is 2. The van der Waals surface area contributed by atoms with E-state index in [0.717, 1.165) is 15.9 Å². The molecule has 0 aliphatic carbocycles. The van der Waals surface area contributed by atoms with E-state index in [1.807, 2.05) is 12.1 Å². The monoisotopic (exact) mass is 400 g/mol. The summed E-state index contributed by atoms with van der Waals surface area (Å²) in [6.07, 6.45) is 0.959. The number of hydrogen-bond donors (Lipinski definition) is 0. The van der Waals surface area contributed by atoms with Gasteiger partial charge in [0.05, 0.1) is 0 Å². The fourth-order valence-electron chi connectivity index (χ4n) is 2.09. The van der Waals surface area contributed by atoms with Crippen LogP contribution in [0.5, 0.6) is 0 Å². The fraction of sp³-hybridized carbons (Fsp3) is 0.250. The van der Waals surface area contributed by atoms with E-state index in [4.69, 9.17) is 11.6 Å². The summed E-state index contributed by atoms with van der Waals surface area (Å²) in [6.45, 7) is 4.28. The standard InChI is InChI=1S/C16H15Br2Cl/c1-10-3-4-11(2)12(5-10)8-16(18)13-6-14(17)9-15(19)7-13/h3-7,9,16H,8H2,1-2H3. The lowest BCUT2D eigenvalue weighted by Crippen LogP contribution is -1.98. The third-order valence-corrected chi connectivity index (χ3v) is 4.68. The molecule has 2 aromatic rings. The highest BCUT2D eigenvalue weighted by atomic mass is 79.9. The molecule has 0 aliphatic heterocycles. The predicted molar refractivity (Wildman–Crippen MR) is 90.4 cm³/mol. The van der Waals surface area contributed by atoms with E-state index in [1.54, 1.807) is 0 Å². The van der Waals surface area contributed by atoms with E-state index in [9.17, 15) is 0 Å². The molecule has 0 saturated carbocycles. The highest BCUT2D eigenvalue weighted by Crippen LogP contribution is 2.32. The lowest BCUT2D eigenvalue weighted by atomic mass is 9.99. The lowest BCUT2D eigenvalue weighted by Gasteiger charge is -2.14. The van der Waals surface area contributed by atoms with Gasteiger partial charge in [-0.15, -0.1) is 0 Å². The summed E-state index contributed by atoms with van der Waals surface area (Å²) < 4.78 is 1.01. The minimum absolute atomic E-state index is 0.267. The highest BCUT2D eigenvalue weighted by Gasteiger charge is 2.11. The molecule has 0 aliphatic rings. The Bertz CT molecular complexity index is 573. The molecule has 0 N–H and O–H groups in total. The van der Waals surface area contributed by atoms with E-state index in [1.165, 1.54) is 22.3 Å². The van der Waals surface area contributed by atoms with Crippen molar-refractivity contribution in [1.82, 2.24) is 0 Å². The molecule has 2 aromatic carbocycles. The quantitative estimate of drug-likeness (QED) is 0.521. The Labute approximate surface area is 136 Å². The van der Waals surface area contributed by atoms with Crippen molar-refractivity contribution in [3.05, 3.63) is 68.1 Å². The van der Waals surface area contributed by atoms with Gasteiger partial charge >= 0.3 is 0 Å². The molecule has 0 bridgehead atoms. The Morgan fingerprint density at radius 3 is 2.53 bits per heavy atom. The second-order valence-corrected chi connectivity index (χ2v) is 7.26. The van der Waals surface area contributed by atoms with Gasteiger partial charge in [-0.1, -0.05) is 67.2 Å². The van der Waals surface area contributed by atoms with Crippen molar-refractivity contribution in [2.24, 2.45) is 0 Å². The van der Waals surface area contributed by atoms with E-state index < -0.39 is 0 Å². The maximum Gasteiger partial charge on any atom is 0.0436 e. The van der Waals surface area contributed by atoms with Crippen LogP contribution in [0.25, 0.3) is 0 Å². The average molecular weight is 403 g/mol. The first-order chi connectivity index (χ1) is 8.95. The first kappa shape index (κ1) is 15.1. The molecule has 1 atom stereocenters. The van der Waals surface area contributed by atoms with Gasteiger partial charge in [0.1, 0.15) is 0 Å². The molecule has 3 heteroatoms. The zero-order valence-electron chi connectivity index (χ0n) is 10.9. The zero-order chi connectivity index (χ0) is 14.0. The van der Waals surface area contributed by atoms with Crippen LogP contribution >= 0.6 is 43.5 Å². The van der Waals surface area contributed by atoms with Crippen LogP contribution in [0.4, 0.5) is 0 Å². The maximum atomic E-state index is 6.10. The third-order valence-electron chi connectivity index (χ3n) is 3.15. The van der Waals surface area contributed by atoms with Crippen LogP contribution in [0.3, 0.4) is 0 Å². The van der Waals surface area contributed by atoms with E-state index in [-0.39, 0.29) is 4.83 Å². The summed E-state index contributed by atoms with van der Waals surface area (Å²) in [6, 6.07) is 12.6. The lowest BCUT2D eigenvalue weighted by molar-refractivity contribution is 0.935. The van der Waals surface area contributed by atoms with Crippen molar-refractivity contribution in [3.8, 4) is 0 Å². The molecule has 2 rings (SSSR count). The molecule has 1 unspecified atom stereocenters. The minimum Gasteiger partial charge on any atom is -0.0843 e. The Hall–Kier alpha value is -0.310. The van der Waals surface area contributed by atoms with Gasteiger partial charge in [-0.2, -0.15) is 0 Å². The van der Waals surface area contributed by atoms with Crippen molar-refractivity contribution < 1.29 is 0 Å². The molecule has 19 heavy (non-hydrogen) atoms. The third kappa shape index (κ3) is 4.08. The predicted octanol–water partition coefficient (Wildman–Crippen LogP) is 6.40. The number of rotatable bonds is 3. The Balaban J connectivity index is 2.25. The largest absolute Gasteiger partial charge is 0.0843 e. The Morgan fingerprint density at radius 1 is 1.11 bits per heavy atom. The average Bonchev–Trinajstić information content (AvgIpc) is 2.32. The van der Waals surface area contributed by atoms with Crippen LogP contribution in [0.2, 0.25) is 5.02 Å². The van der Waals surface area contributed by atoms with E-state index in [2.05, 4.69) is 70.0 Å². The summed E-state index contributed by atoms with van der Waals surface area (Å²) in [5, 5.41) is 0.759. The summed E-state index contributed by atoms with van der Waals surface area (Å²) in [5.74, 6) is 0. The van der Waals surface area contributed by atoms with Crippen molar-refractivity contribution in [2.45, 2.75) is 25.1 Å². The van der Waals surface area contributed by atoms with Gasteiger partial charge < -0.3 is 0 Å². The first-order valence-corrected chi connectivity index (χ1v) is 8.20. The topological polar surface area (TPSA) is 0 Å². The molecular formula is C16H15Br2Cl. The van der Waals surface area contributed by atoms with Crippen LogP contribution in [0.1, 0.15) is 27.1 Å². The van der Waals surface area contributed by atoms with Crippen LogP contribution in [-0.2, 0) is 6.42 Å². The first-order valence-electron chi connectivity index (χ1n) is 6.12. The van der Waals surface area contributed by atoms with Crippen LogP contribution in [0, 0.1) is 13.8 Å². The molecule has 0 aromatic heterocycles. The van der Waals surface area contributed by atoms with Gasteiger partial charge in [-0.3, -0.25) is 0 Å². The molecule has 0 fully saturated rings. The summed E-state index contributed by atoms with van der Waals surface area (Å²) >= 11 is 13.4. The van der Waals surface area contributed by atoms with Crippen LogP contribution < -0.4 is 0 Å². The van der Waals surface area contributed by atoms with Crippen LogP contribution in [-0.4, -0.2) is 0 Å². The summed E-state index contributed by atoms with van der Waals surface area (Å²) in [7, 11) is 0. The summed E-state index contributed by atoms with van der Waals surface area (Å²) in [4.78, 5) is 0.267. The summed E-state index contributed by atoms with van der Waals surface area (Å²) in [5.41, 5.74) is 5.20. The van der Waals surface area contributed by atoms with Crippen molar-refractivity contribution >= 4 is 43.5 Å². The zero-order valence-corrected chi connectivity index (χ0v) is 14.8. The van der Waals surface area contributed by atoms with E-state index in [0.29, 0.717) is 0 Å². The van der Waals surface area contributed by atoms with Gasteiger partial charge in [0.25, 0.3) is 0 Å². The van der Waals surface area contributed by atoms with Gasteiger partial charge in [-0.05, 0) is 55.2 Å². The van der Waals surface area contributed by atoms with Crippen molar-refractivity contribution in [3.63, 3.8) is 0 Å². The van der Waals surface area contributed by atoms with Gasteiger partial charge in [0, 0.05) is 14.3 Å². The smallest absolute Gasteiger partial charge is 0.0436 e. The van der Waals surface area contributed by atoms with Gasteiger partial charge in [-0.25, -0.2) is 0 Å². The maximum absolute atomic E-state index is 6.10. The Morgan fingerprint density at radius 2 is 1.84 bits per heavy atom. The second kappa shape index (κ2) is 6.43. The second-order valence-electron chi connectivity index (χ2n) is 4.80. The molecule has 0 radical (unpaired) electrons. The molecule has 0 amide bonds. The minimum atomic E-state index is 0.267. The Kier molecular flexibility index (Phi) is 5.10.